The van der Waals surface area contributed by atoms with Crippen LogP contribution in [-0.4, -0.2) is 26.4 Å². The van der Waals surface area contributed by atoms with Gasteiger partial charge in [0, 0.05) is 25.3 Å². The van der Waals surface area contributed by atoms with Gasteiger partial charge in [0.15, 0.2) is 0 Å². The number of nitrogens with zero attached hydrogens (tertiary/aromatic N) is 1. The summed E-state index contributed by atoms with van der Waals surface area (Å²) < 4.78 is 10.8. The minimum Gasteiger partial charge on any atom is -0.496 e. The quantitative estimate of drug-likeness (QED) is 0.861. The first-order valence-corrected chi connectivity index (χ1v) is 6.23. The van der Waals surface area contributed by atoms with Gasteiger partial charge in [-0.1, -0.05) is 0 Å². The van der Waals surface area contributed by atoms with Crippen molar-refractivity contribution in [3.8, 4) is 11.8 Å². The number of nitriles is 1. The summed E-state index contributed by atoms with van der Waals surface area (Å²) in [5, 5.41) is 12.2. The van der Waals surface area contributed by atoms with E-state index in [1.54, 1.807) is 13.2 Å². The Morgan fingerprint density at radius 2 is 2.44 bits per heavy atom. The molecule has 96 valence electrons. The lowest BCUT2D eigenvalue weighted by atomic mass is 10.1. The van der Waals surface area contributed by atoms with E-state index in [1.165, 1.54) is 0 Å². The van der Waals surface area contributed by atoms with E-state index in [0.717, 1.165) is 37.3 Å². The average Bonchev–Trinajstić information content (AvgIpc) is 2.92. The Hall–Kier alpha value is -1.57. The number of hydrogen-bond donors (Lipinski definition) is 1. The maximum absolute atomic E-state index is 8.89. The minimum atomic E-state index is 0.329. The molecule has 1 aliphatic rings. The van der Waals surface area contributed by atoms with Gasteiger partial charge in [0.1, 0.15) is 5.75 Å². The highest BCUT2D eigenvalue weighted by Gasteiger charge is 2.14. The van der Waals surface area contributed by atoms with Crippen molar-refractivity contribution in [3.63, 3.8) is 0 Å². The van der Waals surface area contributed by atoms with Crippen LogP contribution in [0.1, 0.15) is 24.0 Å². The number of methoxy groups -OCH3 is 1. The molecule has 1 heterocycles. The summed E-state index contributed by atoms with van der Waals surface area (Å²) in [4.78, 5) is 0. The van der Waals surface area contributed by atoms with Crippen molar-refractivity contribution in [1.82, 2.24) is 5.32 Å². The van der Waals surface area contributed by atoms with Crippen molar-refractivity contribution < 1.29 is 9.47 Å². The zero-order valence-electron chi connectivity index (χ0n) is 10.6. The Kier molecular flexibility index (Phi) is 4.57. The summed E-state index contributed by atoms with van der Waals surface area (Å²) >= 11 is 0. The summed E-state index contributed by atoms with van der Waals surface area (Å²) in [5.74, 6) is 0.814. The Morgan fingerprint density at radius 1 is 1.56 bits per heavy atom. The second-order valence-electron chi connectivity index (χ2n) is 4.40. The van der Waals surface area contributed by atoms with Crippen LogP contribution in [-0.2, 0) is 11.3 Å². The Labute approximate surface area is 108 Å². The van der Waals surface area contributed by atoms with Crippen LogP contribution in [0.25, 0.3) is 0 Å². The summed E-state index contributed by atoms with van der Waals surface area (Å²) in [6.45, 7) is 2.41. The number of benzene rings is 1. The van der Waals surface area contributed by atoms with E-state index >= 15 is 0 Å². The molecule has 1 aromatic rings. The molecule has 1 N–H and O–H groups in total. The molecule has 0 amide bonds. The maximum atomic E-state index is 8.89. The van der Waals surface area contributed by atoms with E-state index < -0.39 is 0 Å². The molecule has 0 radical (unpaired) electrons. The minimum absolute atomic E-state index is 0.329. The van der Waals surface area contributed by atoms with Crippen LogP contribution in [0.15, 0.2) is 18.2 Å². The lowest BCUT2D eigenvalue weighted by Gasteiger charge is -2.13. The van der Waals surface area contributed by atoms with Gasteiger partial charge >= 0.3 is 0 Å². The average molecular weight is 246 g/mol. The summed E-state index contributed by atoms with van der Waals surface area (Å²) in [5.41, 5.74) is 1.67. The molecule has 1 unspecified atom stereocenters. The van der Waals surface area contributed by atoms with Gasteiger partial charge in [0.25, 0.3) is 0 Å². The van der Waals surface area contributed by atoms with Gasteiger partial charge in [0.05, 0.1) is 24.8 Å². The molecule has 1 aromatic carbocycles. The zero-order valence-corrected chi connectivity index (χ0v) is 10.6. The Balaban J connectivity index is 1.92. The first-order valence-electron chi connectivity index (χ1n) is 6.23. The first kappa shape index (κ1) is 12.9. The zero-order chi connectivity index (χ0) is 12.8. The molecule has 2 rings (SSSR count). The van der Waals surface area contributed by atoms with Crippen LogP contribution < -0.4 is 10.1 Å². The van der Waals surface area contributed by atoms with Gasteiger partial charge in [-0.15, -0.1) is 0 Å². The lowest BCUT2D eigenvalue weighted by Crippen LogP contribution is -2.26. The third-order valence-corrected chi connectivity index (χ3v) is 3.12. The normalized spacial score (nSPS) is 18.6. The molecule has 0 aromatic heterocycles. The van der Waals surface area contributed by atoms with E-state index in [1.807, 2.05) is 12.1 Å². The molecule has 4 nitrogen and oxygen atoms in total. The van der Waals surface area contributed by atoms with Crippen molar-refractivity contribution in [1.29, 1.82) is 5.26 Å². The SMILES string of the molecule is COc1ccc(C#N)cc1CNCC1CCCO1. The number of hydrogen-bond acceptors (Lipinski definition) is 4. The van der Waals surface area contributed by atoms with Crippen molar-refractivity contribution in [3.05, 3.63) is 29.3 Å². The maximum Gasteiger partial charge on any atom is 0.123 e. The fraction of sp³-hybridized carbons (Fsp3) is 0.500. The Bertz CT molecular complexity index is 434. The second kappa shape index (κ2) is 6.39. The second-order valence-corrected chi connectivity index (χ2v) is 4.40. The molecule has 18 heavy (non-hydrogen) atoms. The smallest absolute Gasteiger partial charge is 0.123 e. The summed E-state index contributed by atoms with van der Waals surface area (Å²) in [6, 6.07) is 7.61. The third-order valence-electron chi connectivity index (χ3n) is 3.12. The van der Waals surface area contributed by atoms with Crippen molar-refractivity contribution >= 4 is 0 Å². The van der Waals surface area contributed by atoms with Crippen LogP contribution in [0.3, 0.4) is 0 Å². The topological polar surface area (TPSA) is 54.3 Å². The molecular weight excluding hydrogens is 228 g/mol. The molecule has 1 fully saturated rings. The van der Waals surface area contributed by atoms with Crippen LogP contribution in [0.2, 0.25) is 0 Å². The highest BCUT2D eigenvalue weighted by molar-refractivity contribution is 5.41. The molecule has 0 aliphatic carbocycles. The van der Waals surface area contributed by atoms with Gasteiger partial charge in [-0.3, -0.25) is 0 Å². The van der Waals surface area contributed by atoms with Crippen molar-refractivity contribution in [2.24, 2.45) is 0 Å². The van der Waals surface area contributed by atoms with E-state index in [4.69, 9.17) is 14.7 Å². The van der Waals surface area contributed by atoms with E-state index in [0.29, 0.717) is 18.2 Å². The standard InChI is InChI=1S/C14H18N2O2/c1-17-14-5-4-11(8-15)7-12(14)9-16-10-13-3-2-6-18-13/h4-5,7,13,16H,2-3,6,9-10H2,1H3. The van der Waals surface area contributed by atoms with Crippen LogP contribution in [0, 0.1) is 11.3 Å². The van der Waals surface area contributed by atoms with Gasteiger partial charge in [-0.25, -0.2) is 0 Å². The van der Waals surface area contributed by atoms with Gasteiger partial charge in [-0.2, -0.15) is 5.26 Å². The number of ether oxygens (including phenoxy) is 2. The molecule has 0 spiro atoms. The van der Waals surface area contributed by atoms with E-state index in [9.17, 15) is 0 Å². The Morgan fingerprint density at radius 3 is 3.11 bits per heavy atom. The number of nitrogens with one attached hydrogen (secondary N) is 1. The predicted molar refractivity (Wildman–Crippen MR) is 68.4 cm³/mol. The molecule has 0 saturated carbocycles. The van der Waals surface area contributed by atoms with Gasteiger partial charge in [0.2, 0.25) is 0 Å². The predicted octanol–water partition coefficient (Wildman–Crippen LogP) is 1.84. The lowest BCUT2D eigenvalue weighted by molar-refractivity contribution is 0.110. The highest BCUT2D eigenvalue weighted by Crippen LogP contribution is 2.19. The van der Waals surface area contributed by atoms with Gasteiger partial charge < -0.3 is 14.8 Å². The monoisotopic (exact) mass is 246 g/mol. The molecule has 1 saturated heterocycles. The largest absolute Gasteiger partial charge is 0.496 e. The molecule has 0 bridgehead atoms. The summed E-state index contributed by atoms with van der Waals surface area (Å²) in [6.07, 6.45) is 2.61. The van der Waals surface area contributed by atoms with Crippen molar-refractivity contribution in [2.75, 3.05) is 20.3 Å². The van der Waals surface area contributed by atoms with E-state index in [2.05, 4.69) is 11.4 Å². The fourth-order valence-electron chi connectivity index (χ4n) is 2.16. The third kappa shape index (κ3) is 3.22. The van der Waals surface area contributed by atoms with Crippen LogP contribution >= 0.6 is 0 Å². The number of rotatable bonds is 5. The van der Waals surface area contributed by atoms with E-state index in [-0.39, 0.29) is 0 Å². The first-order chi connectivity index (χ1) is 8.83. The molecule has 1 atom stereocenters. The molecule has 4 heteroatoms. The van der Waals surface area contributed by atoms with Crippen LogP contribution in [0.4, 0.5) is 0 Å². The molecule has 1 aliphatic heterocycles. The van der Waals surface area contributed by atoms with Gasteiger partial charge in [-0.05, 0) is 31.0 Å². The fourth-order valence-corrected chi connectivity index (χ4v) is 2.16. The highest BCUT2D eigenvalue weighted by atomic mass is 16.5. The molecular formula is C14H18N2O2. The van der Waals surface area contributed by atoms with Crippen molar-refractivity contribution in [2.45, 2.75) is 25.5 Å². The summed E-state index contributed by atoms with van der Waals surface area (Å²) in [7, 11) is 1.64. The van der Waals surface area contributed by atoms with Crippen LogP contribution in [0.5, 0.6) is 5.75 Å².